The predicted molar refractivity (Wildman–Crippen MR) is 67.7 cm³/mol. The molecular formula is C14H21NO2. The van der Waals surface area contributed by atoms with Crippen molar-refractivity contribution in [3.63, 3.8) is 0 Å². The number of rotatable bonds is 5. The number of aryl methyl sites for hydroxylation is 1. The zero-order valence-electron chi connectivity index (χ0n) is 10.7. The van der Waals surface area contributed by atoms with Crippen LogP contribution in [0.1, 0.15) is 43.6 Å². The van der Waals surface area contributed by atoms with Gasteiger partial charge in [0, 0.05) is 5.56 Å². The molecule has 17 heavy (non-hydrogen) atoms. The number of ether oxygens (including phenoxy) is 1. The minimum absolute atomic E-state index is 0.243. The Balaban J connectivity index is 2.15. The van der Waals surface area contributed by atoms with Crippen molar-refractivity contribution in [1.29, 1.82) is 0 Å². The van der Waals surface area contributed by atoms with Gasteiger partial charge in [-0.2, -0.15) is 0 Å². The first-order chi connectivity index (χ1) is 8.31. The van der Waals surface area contributed by atoms with Crippen molar-refractivity contribution in [1.82, 2.24) is 5.32 Å². The van der Waals surface area contributed by atoms with Crippen LogP contribution < -0.4 is 5.32 Å². The number of hydrogen-bond acceptors (Lipinski definition) is 3. The molecule has 0 saturated heterocycles. The van der Waals surface area contributed by atoms with Crippen LogP contribution in [0.4, 0.5) is 0 Å². The standard InChI is InChI=1S/C14H21NO2/c1-3-6-15-14(12-5-4-7-16-9-12)13-8-11(2)17-10-13/h8-10,14-15H,3-7H2,1-2H3. The third kappa shape index (κ3) is 3.13. The molecule has 3 heteroatoms. The van der Waals surface area contributed by atoms with Gasteiger partial charge < -0.3 is 14.5 Å². The van der Waals surface area contributed by atoms with Gasteiger partial charge in [0.25, 0.3) is 0 Å². The lowest BCUT2D eigenvalue weighted by atomic mass is 9.97. The highest BCUT2D eigenvalue weighted by atomic mass is 16.5. The summed E-state index contributed by atoms with van der Waals surface area (Å²) in [5.41, 5.74) is 2.53. The molecule has 1 aromatic heterocycles. The maximum Gasteiger partial charge on any atom is 0.101 e. The Labute approximate surface area is 103 Å². The topological polar surface area (TPSA) is 34.4 Å². The van der Waals surface area contributed by atoms with E-state index in [2.05, 4.69) is 18.3 Å². The molecule has 0 amide bonds. The Bertz CT molecular complexity index is 381. The highest BCUT2D eigenvalue weighted by Gasteiger charge is 2.19. The molecule has 0 fully saturated rings. The minimum Gasteiger partial charge on any atom is -0.501 e. The summed E-state index contributed by atoms with van der Waals surface area (Å²) in [6, 6.07) is 2.34. The maximum absolute atomic E-state index is 5.44. The van der Waals surface area contributed by atoms with Crippen molar-refractivity contribution in [3.8, 4) is 0 Å². The fourth-order valence-electron chi connectivity index (χ4n) is 2.16. The van der Waals surface area contributed by atoms with Crippen molar-refractivity contribution in [2.45, 2.75) is 39.2 Å². The van der Waals surface area contributed by atoms with Crippen molar-refractivity contribution >= 4 is 0 Å². The fraction of sp³-hybridized carbons (Fsp3) is 0.571. The van der Waals surface area contributed by atoms with Crippen molar-refractivity contribution in [2.24, 2.45) is 0 Å². The molecule has 0 aromatic carbocycles. The van der Waals surface area contributed by atoms with E-state index in [1.54, 1.807) is 0 Å². The molecular weight excluding hydrogens is 214 g/mol. The third-order valence-electron chi connectivity index (χ3n) is 3.02. The highest BCUT2D eigenvalue weighted by molar-refractivity contribution is 5.26. The molecule has 1 N–H and O–H groups in total. The molecule has 1 aliphatic rings. The van der Waals surface area contributed by atoms with Crippen LogP contribution in [-0.2, 0) is 4.74 Å². The summed E-state index contributed by atoms with van der Waals surface area (Å²) in [4.78, 5) is 0. The summed E-state index contributed by atoms with van der Waals surface area (Å²) < 4.78 is 10.8. The normalized spacial score (nSPS) is 17.4. The van der Waals surface area contributed by atoms with E-state index in [0.29, 0.717) is 0 Å². The first-order valence-electron chi connectivity index (χ1n) is 6.40. The van der Waals surface area contributed by atoms with Crippen LogP contribution in [0.15, 0.2) is 28.6 Å². The molecule has 0 spiro atoms. The van der Waals surface area contributed by atoms with E-state index in [-0.39, 0.29) is 6.04 Å². The molecule has 0 bridgehead atoms. The van der Waals surface area contributed by atoms with E-state index in [9.17, 15) is 0 Å². The van der Waals surface area contributed by atoms with E-state index in [0.717, 1.165) is 38.2 Å². The smallest absolute Gasteiger partial charge is 0.101 e. The lowest BCUT2D eigenvalue weighted by Crippen LogP contribution is -2.25. The molecule has 2 heterocycles. The Morgan fingerprint density at radius 2 is 2.35 bits per heavy atom. The van der Waals surface area contributed by atoms with Crippen molar-refractivity contribution in [2.75, 3.05) is 13.2 Å². The molecule has 2 rings (SSSR count). The van der Waals surface area contributed by atoms with Gasteiger partial charge in [0.05, 0.1) is 25.2 Å². The van der Waals surface area contributed by atoms with Gasteiger partial charge in [0.15, 0.2) is 0 Å². The van der Waals surface area contributed by atoms with E-state index < -0.39 is 0 Å². The lowest BCUT2D eigenvalue weighted by molar-refractivity contribution is 0.219. The molecule has 3 nitrogen and oxygen atoms in total. The average molecular weight is 235 g/mol. The van der Waals surface area contributed by atoms with Crippen molar-refractivity contribution < 1.29 is 9.15 Å². The summed E-state index contributed by atoms with van der Waals surface area (Å²) in [7, 11) is 0. The largest absolute Gasteiger partial charge is 0.501 e. The van der Waals surface area contributed by atoms with E-state index in [4.69, 9.17) is 9.15 Å². The molecule has 0 radical (unpaired) electrons. The monoisotopic (exact) mass is 235 g/mol. The Morgan fingerprint density at radius 3 is 2.94 bits per heavy atom. The highest BCUT2D eigenvalue weighted by Crippen LogP contribution is 2.28. The summed E-state index contributed by atoms with van der Waals surface area (Å²) in [6.07, 6.45) is 7.09. The first kappa shape index (κ1) is 12.2. The van der Waals surface area contributed by atoms with Crippen LogP contribution in [0.5, 0.6) is 0 Å². The van der Waals surface area contributed by atoms with Crippen LogP contribution in [-0.4, -0.2) is 13.2 Å². The van der Waals surface area contributed by atoms with Crippen molar-refractivity contribution in [3.05, 3.63) is 35.5 Å². The van der Waals surface area contributed by atoms with Crippen LogP contribution in [0, 0.1) is 6.92 Å². The van der Waals surface area contributed by atoms with Gasteiger partial charge in [-0.3, -0.25) is 0 Å². The van der Waals surface area contributed by atoms with Crippen LogP contribution in [0.2, 0.25) is 0 Å². The first-order valence-corrected chi connectivity index (χ1v) is 6.40. The quantitative estimate of drug-likeness (QED) is 0.850. The predicted octanol–water partition coefficient (Wildman–Crippen LogP) is 3.32. The molecule has 0 aliphatic carbocycles. The van der Waals surface area contributed by atoms with E-state index >= 15 is 0 Å². The second-order valence-corrected chi connectivity index (χ2v) is 4.54. The average Bonchev–Trinajstić information content (AvgIpc) is 2.78. The van der Waals surface area contributed by atoms with Gasteiger partial charge in [-0.05, 0) is 44.4 Å². The molecule has 94 valence electrons. The second-order valence-electron chi connectivity index (χ2n) is 4.54. The lowest BCUT2D eigenvalue weighted by Gasteiger charge is -2.23. The Kier molecular flexibility index (Phi) is 4.26. The maximum atomic E-state index is 5.44. The molecule has 1 unspecified atom stereocenters. The zero-order valence-corrected chi connectivity index (χ0v) is 10.7. The number of furan rings is 1. The molecule has 0 saturated carbocycles. The van der Waals surface area contributed by atoms with Gasteiger partial charge in [0.2, 0.25) is 0 Å². The van der Waals surface area contributed by atoms with Gasteiger partial charge in [-0.1, -0.05) is 6.92 Å². The van der Waals surface area contributed by atoms with E-state index in [1.807, 2.05) is 19.4 Å². The number of hydrogen-bond donors (Lipinski definition) is 1. The Hall–Kier alpha value is -1.22. The fourth-order valence-corrected chi connectivity index (χ4v) is 2.16. The summed E-state index contributed by atoms with van der Waals surface area (Å²) in [5.74, 6) is 0.959. The summed E-state index contributed by atoms with van der Waals surface area (Å²) in [5, 5.41) is 3.56. The molecule has 1 aliphatic heterocycles. The van der Waals surface area contributed by atoms with Gasteiger partial charge in [-0.15, -0.1) is 0 Å². The van der Waals surface area contributed by atoms with Crippen LogP contribution >= 0.6 is 0 Å². The summed E-state index contributed by atoms with van der Waals surface area (Å²) in [6.45, 7) is 6.00. The SMILES string of the molecule is CCCNC(C1=COCCC1)c1coc(C)c1. The molecule has 1 aromatic rings. The zero-order chi connectivity index (χ0) is 12.1. The van der Waals surface area contributed by atoms with Gasteiger partial charge in [0.1, 0.15) is 5.76 Å². The van der Waals surface area contributed by atoms with Gasteiger partial charge >= 0.3 is 0 Å². The summed E-state index contributed by atoms with van der Waals surface area (Å²) >= 11 is 0. The molecule has 1 atom stereocenters. The number of nitrogens with one attached hydrogen (secondary N) is 1. The second kappa shape index (κ2) is 5.92. The van der Waals surface area contributed by atoms with Gasteiger partial charge in [-0.25, -0.2) is 0 Å². The minimum atomic E-state index is 0.243. The van der Waals surface area contributed by atoms with E-state index in [1.165, 1.54) is 11.1 Å². The Morgan fingerprint density at radius 1 is 1.47 bits per heavy atom. The third-order valence-corrected chi connectivity index (χ3v) is 3.02. The van der Waals surface area contributed by atoms with Crippen LogP contribution in [0.3, 0.4) is 0 Å². The van der Waals surface area contributed by atoms with Crippen LogP contribution in [0.25, 0.3) is 0 Å².